The maximum atomic E-state index is 12.6. The summed E-state index contributed by atoms with van der Waals surface area (Å²) in [7, 11) is 3.50. The van der Waals surface area contributed by atoms with Gasteiger partial charge in [-0.2, -0.15) is 0 Å². The highest BCUT2D eigenvalue weighted by Crippen LogP contribution is 2.25. The second-order valence-electron chi connectivity index (χ2n) is 6.18. The van der Waals surface area contributed by atoms with Gasteiger partial charge in [-0.25, -0.2) is 0 Å². The van der Waals surface area contributed by atoms with Gasteiger partial charge in [0.05, 0.1) is 11.6 Å². The molecule has 0 unspecified atom stereocenters. The van der Waals surface area contributed by atoms with Crippen molar-refractivity contribution in [2.45, 2.75) is 13.0 Å². The molecule has 136 valence electrons. The minimum absolute atomic E-state index is 0.0954. The molecule has 1 heterocycles. The summed E-state index contributed by atoms with van der Waals surface area (Å²) in [6, 6.07) is 14.1. The Labute approximate surface area is 170 Å². The van der Waals surface area contributed by atoms with E-state index in [4.69, 9.17) is 4.74 Å². The quantitative estimate of drug-likeness (QED) is 0.505. The Hall–Kier alpha value is -1.79. The number of rotatable bonds is 6. The molecule has 0 radical (unpaired) electrons. The third-order valence-electron chi connectivity index (χ3n) is 4.42. The lowest BCUT2D eigenvalue weighted by Gasteiger charge is -2.18. The van der Waals surface area contributed by atoms with Crippen molar-refractivity contribution in [1.29, 1.82) is 0 Å². The summed E-state index contributed by atoms with van der Waals surface area (Å²) in [5.41, 5.74) is 2.22. The Kier molecular flexibility index (Phi) is 6.04. The molecule has 0 aliphatic rings. The number of carbonyl (C=O) groups is 1. The molecule has 1 aromatic heterocycles. The zero-order valence-electron chi connectivity index (χ0n) is 14.7. The van der Waals surface area contributed by atoms with Crippen molar-refractivity contribution in [3.8, 4) is 5.75 Å². The van der Waals surface area contributed by atoms with E-state index in [9.17, 15) is 4.79 Å². The second kappa shape index (κ2) is 8.27. The van der Waals surface area contributed by atoms with E-state index >= 15 is 0 Å². The first-order valence-corrected chi connectivity index (χ1v) is 9.87. The van der Waals surface area contributed by atoms with E-state index in [1.165, 1.54) is 0 Å². The first-order valence-electron chi connectivity index (χ1n) is 8.28. The maximum Gasteiger partial charge on any atom is 0.242 e. The van der Waals surface area contributed by atoms with Crippen LogP contribution >= 0.6 is 31.9 Å². The van der Waals surface area contributed by atoms with Gasteiger partial charge in [-0.1, -0.05) is 22.0 Å². The topological polar surface area (TPSA) is 34.5 Å². The average molecular weight is 480 g/mol. The summed E-state index contributed by atoms with van der Waals surface area (Å²) in [6.45, 7) is 1.01. The summed E-state index contributed by atoms with van der Waals surface area (Å²) in [4.78, 5) is 14.4. The number of fused-ring (bicyclic) bond motifs is 1. The number of benzene rings is 2. The van der Waals surface area contributed by atoms with Crippen LogP contribution in [-0.2, 0) is 17.8 Å². The minimum atomic E-state index is 0.0954. The molecule has 0 fully saturated rings. The molecule has 3 aromatic rings. The molecule has 26 heavy (non-hydrogen) atoms. The van der Waals surface area contributed by atoms with Crippen LogP contribution in [0, 0.1) is 0 Å². The largest absolute Gasteiger partial charge is 0.496 e. The number of amides is 1. The fraction of sp³-hybridized carbons (Fsp3) is 0.250. The predicted octanol–water partition coefficient (Wildman–Crippen LogP) is 4.88. The van der Waals surface area contributed by atoms with Gasteiger partial charge in [0, 0.05) is 35.2 Å². The van der Waals surface area contributed by atoms with Gasteiger partial charge in [-0.05, 0) is 64.3 Å². The first-order chi connectivity index (χ1) is 12.5. The Morgan fingerprint density at radius 3 is 2.69 bits per heavy atom. The smallest absolute Gasteiger partial charge is 0.242 e. The molecule has 0 aliphatic heterocycles. The van der Waals surface area contributed by atoms with Crippen LogP contribution in [0.3, 0.4) is 0 Å². The van der Waals surface area contributed by atoms with Gasteiger partial charge >= 0.3 is 0 Å². The number of methoxy groups -OCH3 is 1. The van der Waals surface area contributed by atoms with Crippen molar-refractivity contribution in [1.82, 2.24) is 9.47 Å². The fourth-order valence-corrected chi connectivity index (χ4v) is 3.83. The van der Waals surface area contributed by atoms with Crippen LogP contribution in [0.4, 0.5) is 0 Å². The maximum absolute atomic E-state index is 12.6. The van der Waals surface area contributed by atoms with Gasteiger partial charge in [0.1, 0.15) is 12.3 Å². The number of aromatic nitrogens is 1. The van der Waals surface area contributed by atoms with Crippen LogP contribution in [0.1, 0.15) is 5.56 Å². The van der Waals surface area contributed by atoms with Gasteiger partial charge in [-0.3, -0.25) is 4.79 Å². The van der Waals surface area contributed by atoms with Crippen LogP contribution < -0.4 is 4.74 Å². The Balaban J connectivity index is 1.61. The molecule has 0 saturated heterocycles. The van der Waals surface area contributed by atoms with Gasteiger partial charge in [-0.15, -0.1) is 0 Å². The van der Waals surface area contributed by atoms with Crippen molar-refractivity contribution in [3.05, 3.63) is 63.2 Å². The van der Waals surface area contributed by atoms with Gasteiger partial charge in [0.15, 0.2) is 0 Å². The van der Waals surface area contributed by atoms with Crippen LogP contribution in [0.5, 0.6) is 5.75 Å². The number of likely N-dealkylation sites (N-methyl/N-ethyl adjacent to an activating group) is 1. The molecule has 0 N–H and O–H groups in total. The first kappa shape index (κ1) is 19.0. The van der Waals surface area contributed by atoms with E-state index in [1.807, 2.05) is 54.2 Å². The van der Waals surface area contributed by atoms with Crippen LogP contribution in [-0.4, -0.2) is 36.1 Å². The summed E-state index contributed by atoms with van der Waals surface area (Å²) in [6.07, 6.45) is 2.76. The van der Waals surface area contributed by atoms with E-state index in [-0.39, 0.29) is 5.91 Å². The zero-order valence-corrected chi connectivity index (χ0v) is 17.9. The van der Waals surface area contributed by atoms with Crippen LogP contribution in [0.25, 0.3) is 10.9 Å². The van der Waals surface area contributed by atoms with Crippen LogP contribution in [0.2, 0.25) is 0 Å². The highest BCUT2D eigenvalue weighted by molar-refractivity contribution is 9.10. The number of halogens is 2. The molecule has 6 heteroatoms. The van der Waals surface area contributed by atoms with Crippen molar-refractivity contribution >= 4 is 48.7 Å². The molecular formula is C20H20Br2N2O2. The van der Waals surface area contributed by atoms with Crippen molar-refractivity contribution < 1.29 is 9.53 Å². The van der Waals surface area contributed by atoms with E-state index < -0.39 is 0 Å². The summed E-state index contributed by atoms with van der Waals surface area (Å²) in [5.74, 6) is 0.905. The predicted molar refractivity (Wildman–Crippen MR) is 112 cm³/mol. The minimum Gasteiger partial charge on any atom is -0.496 e. The Morgan fingerprint density at radius 2 is 1.96 bits per heavy atom. The zero-order chi connectivity index (χ0) is 18.7. The third kappa shape index (κ3) is 4.30. The summed E-state index contributed by atoms with van der Waals surface area (Å²) >= 11 is 6.98. The molecule has 4 nitrogen and oxygen atoms in total. The van der Waals surface area contributed by atoms with E-state index in [2.05, 4.69) is 37.9 Å². The van der Waals surface area contributed by atoms with Gasteiger partial charge in [0.25, 0.3) is 0 Å². The monoisotopic (exact) mass is 478 g/mol. The Bertz CT molecular complexity index is 937. The van der Waals surface area contributed by atoms with Crippen molar-refractivity contribution in [3.63, 3.8) is 0 Å². The number of hydrogen-bond donors (Lipinski definition) is 0. The van der Waals surface area contributed by atoms with Crippen LogP contribution in [0.15, 0.2) is 57.6 Å². The summed E-state index contributed by atoms with van der Waals surface area (Å²) in [5, 5.41) is 1.12. The number of carbonyl (C=O) groups excluding carboxylic acids is 1. The SMILES string of the molecule is COc1ccc(CCN(C)C(=O)Cn2ccc3cc(Br)ccc32)cc1Br. The fourth-order valence-electron chi connectivity index (χ4n) is 2.86. The van der Waals surface area contributed by atoms with Gasteiger partial charge < -0.3 is 14.2 Å². The van der Waals surface area contributed by atoms with E-state index in [0.717, 1.165) is 37.6 Å². The second-order valence-corrected chi connectivity index (χ2v) is 7.95. The molecular weight excluding hydrogens is 460 g/mol. The lowest BCUT2D eigenvalue weighted by Crippen LogP contribution is -2.31. The molecule has 0 atom stereocenters. The molecule has 1 amide bonds. The highest BCUT2D eigenvalue weighted by atomic mass is 79.9. The number of ether oxygens (including phenoxy) is 1. The molecule has 3 rings (SSSR count). The normalized spacial score (nSPS) is 10.9. The lowest BCUT2D eigenvalue weighted by atomic mass is 10.1. The lowest BCUT2D eigenvalue weighted by molar-refractivity contribution is -0.130. The molecule has 0 aliphatic carbocycles. The van der Waals surface area contributed by atoms with E-state index in [1.54, 1.807) is 12.0 Å². The van der Waals surface area contributed by atoms with Crippen molar-refractivity contribution in [2.24, 2.45) is 0 Å². The summed E-state index contributed by atoms with van der Waals surface area (Å²) < 4.78 is 9.20. The highest BCUT2D eigenvalue weighted by Gasteiger charge is 2.12. The van der Waals surface area contributed by atoms with Crippen molar-refractivity contribution in [2.75, 3.05) is 20.7 Å². The molecule has 0 spiro atoms. The standard InChI is InChI=1S/C20H20Br2N2O2/c1-23(9-7-14-3-6-19(26-2)17(22)11-14)20(25)13-24-10-8-15-12-16(21)4-5-18(15)24/h3-6,8,10-12H,7,9,13H2,1-2H3. The molecule has 2 aromatic carbocycles. The van der Waals surface area contributed by atoms with E-state index in [0.29, 0.717) is 13.1 Å². The average Bonchev–Trinajstić information content (AvgIpc) is 3.01. The number of nitrogens with zero attached hydrogens (tertiary/aromatic N) is 2. The Morgan fingerprint density at radius 1 is 1.15 bits per heavy atom. The third-order valence-corrected chi connectivity index (χ3v) is 5.53. The number of hydrogen-bond acceptors (Lipinski definition) is 2. The molecule has 0 saturated carbocycles. The molecule has 0 bridgehead atoms. The van der Waals surface area contributed by atoms with Gasteiger partial charge in [0.2, 0.25) is 5.91 Å².